The van der Waals surface area contributed by atoms with Gasteiger partial charge in [0.05, 0.1) is 7.11 Å². The predicted molar refractivity (Wildman–Crippen MR) is 64.2 cm³/mol. The van der Waals surface area contributed by atoms with Gasteiger partial charge in [-0.05, 0) is 23.3 Å². The van der Waals surface area contributed by atoms with E-state index < -0.39 is 11.9 Å². The maximum atomic E-state index is 10.8. The number of carboxylic acids is 1. The van der Waals surface area contributed by atoms with Gasteiger partial charge in [0.25, 0.3) is 0 Å². The Balaban J connectivity index is 2.71. The number of rotatable bonds is 4. The second kappa shape index (κ2) is 6.27. The van der Waals surface area contributed by atoms with Crippen LogP contribution in [0.4, 0.5) is 0 Å². The monoisotopic (exact) mass is 232 g/mol. The summed E-state index contributed by atoms with van der Waals surface area (Å²) < 4.78 is 4.46. The number of carboxylic acid groups (broad SMARTS) is 1. The highest BCUT2D eigenvalue weighted by Gasteiger charge is 1.93. The number of esters is 1. The van der Waals surface area contributed by atoms with Gasteiger partial charge in [0.2, 0.25) is 0 Å². The van der Waals surface area contributed by atoms with Gasteiger partial charge in [0, 0.05) is 12.2 Å². The Hall–Kier alpha value is -2.36. The van der Waals surface area contributed by atoms with Crippen molar-refractivity contribution in [1.29, 1.82) is 0 Å². The van der Waals surface area contributed by atoms with Gasteiger partial charge in [-0.15, -0.1) is 0 Å². The minimum atomic E-state index is -0.986. The third kappa shape index (κ3) is 4.79. The van der Waals surface area contributed by atoms with E-state index in [2.05, 4.69) is 4.74 Å². The van der Waals surface area contributed by atoms with E-state index in [4.69, 9.17) is 5.11 Å². The van der Waals surface area contributed by atoms with Crippen LogP contribution in [-0.2, 0) is 14.3 Å². The summed E-state index contributed by atoms with van der Waals surface area (Å²) in [6.07, 6.45) is 5.51. The molecule has 4 heteroatoms. The van der Waals surface area contributed by atoms with Crippen LogP contribution in [0.3, 0.4) is 0 Å². The molecule has 0 saturated heterocycles. The molecular formula is C13H12O4. The molecule has 0 radical (unpaired) electrons. The van der Waals surface area contributed by atoms with Crippen molar-refractivity contribution in [2.75, 3.05) is 7.11 Å². The van der Waals surface area contributed by atoms with Gasteiger partial charge < -0.3 is 9.84 Å². The van der Waals surface area contributed by atoms with Crippen molar-refractivity contribution in [1.82, 2.24) is 0 Å². The van der Waals surface area contributed by atoms with Crippen LogP contribution in [0.2, 0.25) is 0 Å². The Bertz CT molecular complexity index is 455. The molecule has 17 heavy (non-hydrogen) atoms. The van der Waals surface area contributed by atoms with E-state index in [1.165, 1.54) is 19.3 Å². The zero-order valence-electron chi connectivity index (χ0n) is 9.29. The number of hydrogen-bond donors (Lipinski definition) is 1. The summed E-state index contributed by atoms with van der Waals surface area (Å²) >= 11 is 0. The van der Waals surface area contributed by atoms with Crippen LogP contribution < -0.4 is 0 Å². The fourth-order valence-electron chi connectivity index (χ4n) is 1.12. The number of ether oxygens (including phenoxy) is 1. The zero-order chi connectivity index (χ0) is 12.7. The van der Waals surface area contributed by atoms with E-state index in [-0.39, 0.29) is 0 Å². The average molecular weight is 232 g/mol. The molecule has 0 heterocycles. The molecule has 88 valence electrons. The molecule has 0 aromatic heterocycles. The Labute approximate surface area is 98.8 Å². The summed E-state index contributed by atoms with van der Waals surface area (Å²) in [5.74, 6) is -1.40. The third-order valence-electron chi connectivity index (χ3n) is 1.97. The van der Waals surface area contributed by atoms with Crippen LogP contribution in [0.5, 0.6) is 0 Å². The lowest BCUT2D eigenvalue weighted by molar-refractivity contribution is -0.135. The van der Waals surface area contributed by atoms with E-state index >= 15 is 0 Å². The first kappa shape index (κ1) is 12.7. The fraction of sp³-hybridized carbons (Fsp3) is 0.0769. The minimum absolute atomic E-state index is 0.417. The highest BCUT2D eigenvalue weighted by molar-refractivity contribution is 5.87. The Kier molecular flexibility index (Phi) is 4.69. The molecule has 0 aliphatic carbocycles. The molecule has 0 saturated carbocycles. The molecular weight excluding hydrogens is 220 g/mol. The van der Waals surface area contributed by atoms with E-state index in [0.717, 1.165) is 17.2 Å². The number of carbonyl (C=O) groups excluding carboxylic acids is 1. The molecule has 0 bridgehead atoms. The fourth-order valence-corrected chi connectivity index (χ4v) is 1.12. The van der Waals surface area contributed by atoms with Crippen LogP contribution in [0.1, 0.15) is 11.1 Å². The average Bonchev–Trinajstić information content (AvgIpc) is 2.34. The molecule has 0 amide bonds. The highest BCUT2D eigenvalue weighted by atomic mass is 16.5. The highest BCUT2D eigenvalue weighted by Crippen LogP contribution is 2.07. The van der Waals surface area contributed by atoms with Gasteiger partial charge in [-0.2, -0.15) is 0 Å². The maximum absolute atomic E-state index is 10.8. The van der Waals surface area contributed by atoms with E-state index in [9.17, 15) is 9.59 Å². The lowest BCUT2D eigenvalue weighted by Gasteiger charge is -1.95. The SMILES string of the molecule is COC(=O)/C=C/c1ccc(/C=C/C(=O)O)cc1. The summed E-state index contributed by atoms with van der Waals surface area (Å²) in [5.41, 5.74) is 1.62. The van der Waals surface area contributed by atoms with Gasteiger partial charge in [-0.3, -0.25) is 0 Å². The van der Waals surface area contributed by atoms with E-state index in [1.807, 2.05) is 0 Å². The maximum Gasteiger partial charge on any atom is 0.330 e. The minimum Gasteiger partial charge on any atom is -0.478 e. The summed E-state index contributed by atoms with van der Waals surface area (Å²) in [6, 6.07) is 7.08. The normalized spacial score (nSPS) is 10.9. The first-order valence-corrected chi connectivity index (χ1v) is 4.89. The van der Waals surface area contributed by atoms with Crippen LogP contribution >= 0.6 is 0 Å². The molecule has 1 rings (SSSR count). The summed E-state index contributed by atoms with van der Waals surface area (Å²) in [6.45, 7) is 0. The predicted octanol–water partition coefficient (Wildman–Crippen LogP) is 1.97. The number of aliphatic carboxylic acids is 1. The first-order chi connectivity index (χ1) is 8.11. The second-order valence-electron chi connectivity index (χ2n) is 3.19. The van der Waals surface area contributed by atoms with Crippen molar-refractivity contribution < 1.29 is 19.4 Å². The number of carbonyl (C=O) groups is 2. The Morgan fingerprint density at radius 3 is 1.94 bits per heavy atom. The van der Waals surface area contributed by atoms with E-state index in [1.54, 1.807) is 30.3 Å². The first-order valence-electron chi connectivity index (χ1n) is 4.89. The molecule has 0 unspecified atom stereocenters. The second-order valence-corrected chi connectivity index (χ2v) is 3.19. The van der Waals surface area contributed by atoms with Crippen LogP contribution in [0, 0.1) is 0 Å². The lowest BCUT2D eigenvalue weighted by Crippen LogP contribution is -1.93. The molecule has 0 spiro atoms. The van der Waals surface area contributed by atoms with Crippen molar-refractivity contribution in [2.45, 2.75) is 0 Å². The summed E-state index contributed by atoms with van der Waals surface area (Å²) in [5, 5.41) is 8.45. The smallest absolute Gasteiger partial charge is 0.330 e. The van der Waals surface area contributed by atoms with Crippen molar-refractivity contribution in [3.05, 3.63) is 47.5 Å². The number of hydrogen-bond acceptors (Lipinski definition) is 3. The van der Waals surface area contributed by atoms with Crippen molar-refractivity contribution in [3.8, 4) is 0 Å². The summed E-state index contributed by atoms with van der Waals surface area (Å²) in [4.78, 5) is 21.1. The molecule has 1 aromatic rings. The molecule has 0 aliphatic heterocycles. The molecule has 1 aromatic carbocycles. The van der Waals surface area contributed by atoms with Crippen molar-refractivity contribution >= 4 is 24.1 Å². The van der Waals surface area contributed by atoms with Gasteiger partial charge in [0.15, 0.2) is 0 Å². The molecule has 1 N–H and O–H groups in total. The van der Waals surface area contributed by atoms with Crippen molar-refractivity contribution in [3.63, 3.8) is 0 Å². The standard InChI is InChI=1S/C13H12O4/c1-17-13(16)9-7-11-4-2-10(3-5-11)6-8-12(14)15/h2-9H,1H3,(H,14,15)/b8-6+,9-7+. The van der Waals surface area contributed by atoms with Gasteiger partial charge in [0.1, 0.15) is 0 Å². The van der Waals surface area contributed by atoms with Crippen LogP contribution in [0.25, 0.3) is 12.2 Å². The quantitative estimate of drug-likeness (QED) is 0.636. The molecule has 0 fully saturated rings. The van der Waals surface area contributed by atoms with Crippen LogP contribution in [0.15, 0.2) is 36.4 Å². The molecule has 0 atom stereocenters. The van der Waals surface area contributed by atoms with Gasteiger partial charge in [-0.25, -0.2) is 9.59 Å². The van der Waals surface area contributed by atoms with E-state index in [0.29, 0.717) is 0 Å². The van der Waals surface area contributed by atoms with Crippen molar-refractivity contribution in [2.24, 2.45) is 0 Å². The summed E-state index contributed by atoms with van der Waals surface area (Å²) in [7, 11) is 1.31. The Morgan fingerprint density at radius 2 is 1.53 bits per heavy atom. The third-order valence-corrected chi connectivity index (χ3v) is 1.97. The van der Waals surface area contributed by atoms with Crippen LogP contribution in [-0.4, -0.2) is 24.2 Å². The number of methoxy groups -OCH3 is 1. The number of benzene rings is 1. The lowest BCUT2D eigenvalue weighted by atomic mass is 10.1. The zero-order valence-corrected chi connectivity index (χ0v) is 9.29. The topological polar surface area (TPSA) is 63.6 Å². The Morgan fingerprint density at radius 1 is 1.06 bits per heavy atom. The van der Waals surface area contributed by atoms with Gasteiger partial charge in [-0.1, -0.05) is 24.3 Å². The van der Waals surface area contributed by atoms with Gasteiger partial charge >= 0.3 is 11.9 Å². The largest absolute Gasteiger partial charge is 0.478 e. The molecule has 0 aliphatic rings. The molecule has 4 nitrogen and oxygen atoms in total.